The zero-order valence-corrected chi connectivity index (χ0v) is 14.5. The first-order valence-corrected chi connectivity index (χ1v) is 7.89. The van der Waals surface area contributed by atoms with E-state index in [1.54, 1.807) is 21.0 Å². The van der Waals surface area contributed by atoms with Crippen molar-refractivity contribution in [1.29, 1.82) is 0 Å². The lowest BCUT2D eigenvalue weighted by Gasteiger charge is -2.23. The molecule has 1 heterocycles. The number of imide groups is 1. The molecule has 7 nitrogen and oxygen atoms in total. The van der Waals surface area contributed by atoms with E-state index < -0.39 is 17.5 Å². The van der Waals surface area contributed by atoms with Crippen LogP contribution in [0.1, 0.15) is 18.1 Å². The first kappa shape index (κ1) is 17.9. The number of hydrogen-bond acceptors (Lipinski definition) is 4. The summed E-state index contributed by atoms with van der Waals surface area (Å²) in [6, 6.07) is 6.87. The zero-order chi connectivity index (χ0) is 17.9. The topological polar surface area (TPSA) is 81.8 Å². The van der Waals surface area contributed by atoms with Crippen LogP contribution >= 0.6 is 0 Å². The number of nitrogens with one attached hydrogen (secondary N) is 2. The average Bonchev–Trinajstić information content (AvgIpc) is 2.77. The van der Waals surface area contributed by atoms with Gasteiger partial charge in [0.05, 0.1) is 0 Å². The van der Waals surface area contributed by atoms with Crippen LogP contribution in [0.5, 0.6) is 0 Å². The van der Waals surface area contributed by atoms with Gasteiger partial charge in [-0.1, -0.05) is 29.8 Å². The van der Waals surface area contributed by atoms with Crippen molar-refractivity contribution >= 4 is 17.8 Å². The van der Waals surface area contributed by atoms with Crippen LogP contribution in [0.3, 0.4) is 0 Å². The molecule has 1 fully saturated rings. The molecule has 0 spiro atoms. The van der Waals surface area contributed by atoms with Crippen LogP contribution in [0.15, 0.2) is 24.3 Å². The second-order valence-electron chi connectivity index (χ2n) is 6.23. The van der Waals surface area contributed by atoms with Crippen molar-refractivity contribution in [2.75, 3.05) is 33.7 Å². The quantitative estimate of drug-likeness (QED) is 0.741. The minimum absolute atomic E-state index is 0.258. The van der Waals surface area contributed by atoms with Crippen LogP contribution in [-0.4, -0.2) is 61.4 Å². The van der Waals surface area contributed by atoms with Crippen LogP contribution < -0.4 is 10.6 Å². The number of carbonyl (C=O) groups excluding carboxylic acids is 3. The van der Waals surface area contributed by atoms with E-state index >= 15 is 0 Å². The van der Waals surface area contributed by atoms with Gasteiger partial charge in [0.15, 0.2) is 0 Å². The van der Waals surface area contributed by atoms with Crippen LogP contribution in [0.25, 0.3) is 0 Å². The lowest BCUT2D eigenvalue weighted by Crippen LogP contribution is -2.44. The summed E-state index contributed by atoms with van der Waals surface area (Å²) in [5.41, 5.74) is 0.622. The molecule has 2 rings (SSSR count). The molecule has 1 unspecified atom stereocenters. The molecule has 1 aliphatic heterocycles. The van der Waals surface area contributed by atoms with E-state index in [9.17, 15) is 14.4 Å². The minimum Gasteiger partial charge on any atom is -0.343 e. The molecule has 1 aromatic carbocycles. The molecule has 24 heavy (non-hydrogen) atoms. The number of aryl methyl sites for hydroxylation is 1. The van der Waals surface area contributed by atoms with Crippen LogP contribution in [0.4, 0.5) is 4.79 Å². The monoisotopic (exact) mass is 332 g/mol. The summed E-state index contributed by atoms with van der Waals surface area (Å²) in [5, 5.41) is 5.66. The number of likely N-dealkylation sites (N-methyl/N-ethyl adjacent to an activating group) is 2. The fourth-order valence-corrected chi connectivity index (χ4v) is 2.58. The van der Waals surface area contributed by atoms with Crippen LogP contribution in [-0.2, 0) is 15.1 Å². The number of urea groups is 1. The zero-order valence-electron chi connectivity index (χ0n) is 14.5. The lowest BCUT2D eigenvalue weighted by atomic mass is 9.91. The average molecular weight is 332 g/mol. The van der Waals surface area contributed by atoms with Crippen molar-refractivity contribution in [3.63, 3.8) is 0 Å². The van der Waals surface area contributed by atoms with Crippen molar-refractivity contribution < 1.29 is 14.4 Å². The summed E-state index contributed by atoms with van der Waals surface area (Å²) in [7, 11) is 3.44. The van der Waals surface area contributed by atoms with Gasteiger partial charge in [-0.25, -0.2) is 4.79 Å². The molecule has 2 N–H and O–H groups in total. The van der Waals surface area contributed by atoms with Gasteiger partial charge in [-0.05, 0) is 26.5 Å². The smallest absolute Gasteiger partial charge is 0.325 e. The first-order chi connectivity index (χ1) is 11.3. The molecule has 0 aromatic heterocycles. The van der Waals surface area contributed by atoms with Crippen molar-refractivity contribution in [1.82, 2.24) is 20.4 Å². The molecule has 0 radical (unpaired) electrons. The number of nitrogens with zero attached hydrogens (tertiary/aromatic N) is 2. The molecule has 1 aliphatic rings. The summed E-state index contributed by atoms with van der Waals surface area (Å²) in [5.74, 6) is -0.686. The van der Waals surface area contributed by atoms with Crippen molar-refractivity contribution in [3.8, 4) is 0 Å². The minimum atomic E-state index is -1.14. The molecule has 1 aromatic rings. The summed E-state index contributed by atoms with van der Waals surface area (Å²) in [4.78, 5) is 39.7. The summed E-state index contributed by atoms with van der Waals surface area (Å²) in [6.45, 7) is 4.50. The van der Waals surface area contributed by atoms with E-state index in [-0.39, 0.29) is 12.5 Å². The second-order valence-corrected chi connectivity index (χ2v) is 6.23. The SMILES string of the molecule is CNCCN(C)C(=O)CN1C(=O)NC(C)(c2ccc(C)cc2)C1=O. The second kappa shape index (κ2) is 7.00. The van der Waals surface area contributed by atoms with Gasteiger partial charge in [-0.3, -0.25) is 14.5 Å². The van der Waals surface area contributed by atoms with E-state index in [1.165, 1.54) is 4.90 Å². The first-order valence-electron chi connectivity index (χ1n) is 7.89. The van der Waals surface area contributed by atoms with Gasteiger partial charge in [0, 0.05) is 20.1 Å². The predicted octanol–water partition coefficient (Wildman–Crippen LogP) is 0.440. The fraction of sp³-hybridized carbons (Fsp3) is 0.471. The fourth-order valence-electron chi connectivity index (χ4n) is 2.58. The standard InChI is InChI=1S/C17H24N4O3/c1-12-5-7-13(8-6-12)17(2)15(23)21(16(24)19-17)11-14(22)20(4)10-9-18-3/h5-8,18H,9-11H2,1-4H3,(H,19,24). The van der Waals surface area contributed by atoms with E-state index in [0.717, 1.165) is 10.5 Å². The summed E-state index contributed by atoms with van der Waals surface area (Å²) < 4.78 is 0. The van der Waals surface area contributed by atoms with Gasteiger partial charge in [0.25, 0.3) is 5.91 Å². The highest BCUT2D eigenvalue weighted by Gasteiger charge is 2.49. The molecule has 0 aliphatic carbocycles. The molecular weight excluding hydrogens is 308 g/mol. The van der Waals surface area contributed by atoms with Crippen LogP contribution in [0, 0.1) is 6.92 Å². The lowest BCUT2D eigenvalue weighted by molar-refractivity contribution is -0.138. The highest BCUT2D eigenvalue weighted by atomic mass is 16.2. The maximum atomic E-state index is 12.8. The van der Waals surface area contributed by atoms with Crippen molar-refractivity contribution in [2.24, 2.45) is 0 Å². The summed E-state index contributed by atoms with van der Waals surface area (Å²) >= 11 is 0. The molecule has 0 bridgehead atoms. The van der Waals surface area contributed by atoms with Gasteiger partial charge in [-0.2, -0.15) is 0 Å². The molecule has 0 saturated carbocycles. The van der Waals surface area contributed by atoms with Crippen molar-refractivity contribution in [3.05, 3.63) is 35.4 Å². The maximum absolute atomic E-state index is 12.8. The Morgan fingerprint density at radius 3 is 2.50 bits per heavy atom. The van der Waals surface area contributed by atoms with Gasteiger partial charge in [0.2, 0.25) is 5.91 Å². The number of carbonyl (C=O) groups is 3. The molecule has 1 saturated heterocycles. The van der Waals surface area contributed by atoms with Crippen LogP contribution in [0.2, 0.25) is 0 Å². The highest BCUT2D eigenvalue weighted by molar-refractivity contribution is 6.09. The third kappa shape index (κ3) is 3.41. The Kier molecular flexibility index (Phi) is 5.23. The Hall–Kier alpha value is -2.41. The van der Waals surface area contributed by atoms with Gasteiger partial charge in [-0.15, -0.1) is 0 Å². The molecule has 4 amide bonds. The third-order valence-electron chi connectivity index (χ3n) is 4.32. The summed E-state index contributed by atoms with van der Waals surface area (Å²) in [6.07, 6.45) is 0. The number of amides is 4. The molecule has 1 atom stereocenters. The number of hydrogen-bond donors (Lipinski definition) is 2. The normalized spacial score (nSPS) is 20.2. The largest absolute Gasteiger partial charge is 0.343 e. The molecule has 7 heteroatoms. The Morgan fingerprint density at radius 2 is 1.92 bits per heavy atom. The van der Waals surface area contributed by atoms with E-state index in [2.05, 4.69) is 10.6 Å². The predicted molar refractivity (Wildman–Crippen MR) is 90.3 cm³/mol. The molecule has 130 valence electrons. The van der Waals surface area contributed by atoms with E-state index in [1.807, 2.05) is 31.2 Å². The Balaban J connectivity index is 2.14. The number of rotatable bonds is 6. The van der Waals surface area contributed by atoms with Gasteiger partial charge >= 0.3 is 6.03 Å². The number of benzene rings is 1. The third-order valence-corrected chi connectivity index (χ3v) is 4.32. The van der Waals surface area contributed by atoms with Gasteiger partial charge < -0.3 is 15.5 Å². The molecular formula is C17H24N4O3. The van der Waals surface area contributed by atoms with Crippen molar-refractivity contribution in [2.45, 2.75) is 19.4 Å². The Morgan fingerprint density at radius 1 is 1.29 bits per heavy atom. The van der Waals surface area contributed by atoms with Gasteiger partial charge in [0.1, 0.15) is 12.1 Å². The van der Waals surface area contributed by atoms with E-state index in [0.29, 0.717) is 18.7 Å². The maximum Gasteiger partial charge on any atom is 0.325 e. The highest BCUT2D eigenvalue weighted by Crippen LogP contribution is 2.28. The van der Waals surface area contributed by atoms with E-state index in [4.69, 9.17) is 0 Å². The Bertz CT molecular complexity index is 644. The Labute approximate surface area is 142 Å².